The fraction of sp³-hybridized carbons (Fsp3) is 0.455. The van der Waals surface area contributed by atoms with Crippen molar-refractivity contribution in [2.75, 3.05) is 0 Å². The summed E-state index contributed by atoms with van der Waals surface area (Å²) in [5.74, 6) is 0. The lowest BCUT2D eigenvalue weighted by molar-refractivity contribution is 0.157. The number of hydrogen-bond acceptors (Lipinski definition) is 4. The van der Waals surface area contributed by atoms with Crippen LogP contribution in [0.1, 0.15) is 12.8 Å². The summed E-state index contributed by atoms with van der Waals surface area (Å²) < 4.78 is 35.2. The first-order chi connectivity index (χ1) is 8.04. The first-order valence-corrected chi connectivity index (χ1v) is 7.59. The van der Waals surface area contributed by atoms with Crippen molar-refractivity contribution in [2.45, 2.75) is 36.0 Å². The van der Waals surface area contributed by atoms with E-state index in [1.54, 1.807) is 12.1 Å². The van der Waals surface area contributed by atoms with Crippen LogP contribution < -0.4 is 0 Å². The average Bonchev–Trinajstić information content (AvgIpc) is 2.86. The third kappa shape index (κ3) is 2.40. The van der Waals surface area contributed by atoms with Gasteiger partial charge in [0.1, 0.15) is 0 Å². The van der Waals surface area contributed by atoms with Crippen molar-refractivity contribution in [2.24, 2.45) is 0 Å². The van der Waals surface area contributed by atoms with Gasteiger partial charge in [-0.25, -0.2) is 0 Å². The minimum atomic E-state index is -3.64. The van der Waals surface area contributed by atoms with Gasteiger partial charge in [0.05, 0.1) is 23.2 Å². The molecule has 1 aromatic rings. The van der Waals surface area contributed by atoms with E-state index in [0.29, 0.717) is 12.8 Å². The highest BCUT2D eigenvalue weighted by molar-refractivity contribution is 9.10. The van der Waals surface area contributed by atoms with E-state index in [0.717, 1.165) is 4.47 Å². The highest BCUT2D eigenvalue weighted by Crippen LogP contribution is 2.40. The molecule has 4 nitrogen and oxygen atoms in total. The van der Waals surface area contributed by atoms with Crippen LogP contribution in [0.3, 0.4) is 0 Å². The molecule has 1 aliphatic heterocycles. The Morgan fingerprint density at radius 1 is 1.18 bits per heavy atom. The SMILES string of the molecule is O=S(=O)(OC1CC2OC2C1)c1ccc(Br)cc1. The van der Waals surface area contributed by atoms with Gasteiger partial charge < -0.3 is 4.74 Å². The quantitative estimate of drug-likeness (QED) is 0.632. The molecule has 0 N–H and O–H groups in total. The zero-order valence-corrected chi connectivity index (χ0v) is 11.3. The van der Waals surface area contributed by atoms with Gasteiger partial charge in [-0.05, 0) is 24.3 Å². The summed E-state index contributed by atoms with van der Waals surface area (Å²) in [6.07, 6.45) is 1.58. The van der Waals surface area contributed by atoms with E-state index >= 15 is 0 Å². The van der Waals surface area contributed by atoms with Gasteiger partial charge in [-0.2, -0.15) is 8.42 Å². The largest absolute Gasteiger partial charge is 0.369 e. The molecular weight excluding hydrogens is 308 g/mol. The fourth-order valence-corrected chi connectivity index (χ4v) is 3.48. The number of benzene rings is 1. The second-order valence-corrected chi connectivity index (χ2v) is 6.80. The molecule has 3 rings (SSSR count). The van der Waals surface area contributed by atoms with Crippen molar-refractivity contribution in [3.8, 4) is 0 Å². The molecule has 0 aromatic heterocycles. The molecule has 17 heavy (non-hydrogen) atoms. The minimum Gasteiger partial charge on any atom is -0.369 e. The van der Waals surface area contributed by atoms with Crippen LogP contribution in [0.4, 0.5) is 0 Å². The van der Waals surface area contributed by atoms with Gasteiger partial charge in [0, 0.05) is 17.3 Å². The molecule has 0 amide bonds. The summed E-state index contributed by atoms with van der Waals surface area (Å²) in [6, 6.07) is 6.44. The summed E-state index contributed by atoms with van der Waals surface area (Å²) in [6.45, 7) is 0. The molecule has 1 aromatic carbocycles. The molecule has 1 heterocycles. The van der Waals surface area contributed by atoms with Crippen molar-refractivity contribution in [3.63, 3.8) is 0 Å². The third-order valence-electron chi connectivity index (χ3n) is 3.04. The van der Waals surface area contributed by atoms with Crippen LogP contribution in [0.15, 0.2) is 33.6 Å². The number of halogens is 1. The van der Waals surface area contributed by atoms with Gasteiger partial charge in [-0.1, -0.05) is 15.9 Å². The smallest absolute Gasteiger partial charge is 0.297 e. The van der Waals surface area contributed by atoms with Crippen molar-refractivity contribution in [1.29, 1.82) is 0 Å². The van der Waals surface area contributed by atoms with Crippen LogP contribution in [-0.4, -0.2) is 26.7 Å². The molecule has 92 valence electrons. The predicted octanol–water partition coefficient (Wildman–Crippen LogP) is 2.08. The lowest BCUT2D eigenvalue weighted by atomic mass is 10.3. The number of ether oxygens (including phenoxy) is 1. The summed E-state index contributed by atoms with van der Waals surface area (Å²) in [5.41, 5.74) is 0. The molecule has 2 aliphatic rings. The van der Waals surface area contributed by atoms with E-state index < -0.39 is 10.1 Å². The lowest BCUT2D eigenvalue weighted by Crippen LogP contribution is -2.17. The number of rotatable bonds is 3. The van der Waals surface area contributed by atoms with Crippen LogP contribution >= 0.6 is 15.9 Å². The van der Waals surface area contributed by atoms with E-state index in [9.17, 15) is 8.42 Å². The molecule has 1 aliphatic carbocycles. The lowest BCUT2D eigenvalue weighted by Gasteiger charge is -2.12. The Hall–Kier alpha value is -0.430. The van der Waals surface area contributed by atoms with Crippen molar-refractivity contribution < 1.29 is 17.3 Å². The molecule has 1 saturated carbocycles. The van der Waals surface area contributed by atoms with Gasteiger partial charge in [0.2, 0.25) is 0 Å². The van der Waals surface area contributed by atoms with Gasteiger partial charge in [0.15, 0.2) is 0 Å². The Bertz CT molecular complexity index is 515. The van der Waals surface area contributed by atoms with Crippen LogP contribution in [0, 0.1) is 0 Å². The maximum Gasteiger partial charge on any atom is 0.297 e. The highest BCUT2D eigenvalue weighted by Gasteiger charge is 2.49. The first-order valence-electron chi connectivity index (χ1n) is 5.39. The second-order valence-electron chi connectivity index (χ2n) is 4.31. The summed E-state index contributed by atoms with van der Waals surface area (Å²) in [5, 5.41) is 0. The molecular formula is C11H11BrO4S. The molecule has 2 unspecified atom stereocenters. The van der Waals surface area contributed by atoms with Gasteiger partial charge >= 0.3 is 0 Å². The molecule has 0 spiro atoms. The predicted molar refractivity (Wildman–Crippen MR) is 64.1 cm³/mol. The van der Waals surface area contributed by atoms with Crippen LogP contribution in [0.5, 0.6) is 0 Å². The van der Waals surface area contributed by atoms with Crippen molar-refractivity contribution in [3.05, 3.63) is 28.7 Å². The minimum absolute atomic E-state index is 0.196. The van der Waals surface area contributed by atoms with Crippen LogP contribution in [-0.2, 0) is 19.0 Å². The summed E-state index contributed by atoms with van der Waals surface area (Å²) in [4.78, 5) is 0.196. The van der Waals surface area contributed by atoms with Gasteiger partial charge in [-0.3, -0.25) is 4.18 Å². The van der Waals surface area contributed by atoms with Crippen LogP contribution in [0.2, 0.25) is 0 Å². The third-order valence-corrected chi connectivity index (χ3v) is 4.95. The monoisotopic (exact) mass is 318 g/mol. The van der Waals surface area contributed by atoms with Gasteiger partial charge in [-0.15, -0.1) is 0 Å². The fourth-order valence-electron chi connectivity index (χ4n) is 2.12. The van der Waals surface area contributed by atoms with E-state index in [4.69, 9.17) is 8.92 Å². The van der Waals surface area contributed by atoms with E-state index in [-0.39, 0.29) is 23.2 Å². The zero-order chi connectivity index (χ0) is 12.0. The average molecular weight is 319 g/mol. The highest BCUT2D eigenvalue weighted by atomic mass is 79.9. The molecule has 0 bridgehead atoms. The standard InChI is InChI=1S/C11H11BrO4S/c12-7-1-3-9(4-2-7)17(13,14)16-8-5-10-11(6-8)15-10/h1-4,8,10-11H,5-6H2. The van der Waals surface area contributed by atoms with E-state index in [1.165, 1.54) is 12.1 Å². The van der Waals surface area contributed by atoms with Crippen molar-refractivity contribution >= 4 is 26.0 Å². The summed E-state index contributed by atoms with van der Waals surface area (Å²) >= 11 is 3.26. The van der Waals surface area contributed by atoms with E-state index in [1.807, 2.05) is 0 Å². The van der Waals surface area contributed by atoms with Gasteiger partial charge in [0.25, 0.3) is 10.1 Å². The van der Waals surface area contributed by atoms with Crippen LogP contribution in [0.25, 0.3) is 0 Å². The Labute approximate surface area is 108 Å². The first kappa shape index (κ1) is 11.6. The zero-order valence-electron chi connectivity index (χ0n) is 8.87. The number of hydrogen-bond donors (Lipinski definition) is 0. The number of epoxide rings is 1. The molecule has 2 fully saturated rings. The van der Waals surface area contributed by atoms with Crippen molar-refractivity contribution in [1.82, 2.24) is 0 Å². The maximum absolute atomic E-state index is 11.9. The number of fused-ring (bicyclic) bond motifs is 1. The molecule has 6 heteroatoms. The maximum atomic E-state index is 11.9. The normalized spacial score (nSPS) is 31.2. The molecule has 1 saturated heterocycles. The summed E-state index contributed by atoms with van der Waals surface area (Å²) in [7, 11) is -3.64. The Kier molecular flexibility index (Phi) is 2.77. The second kappa shape index (κ2) is 4.05. The van der Waals surface area contributed by atoms with E-state index in [2.05, 4.69) is 15.9 Å². The molecule has 0 radical (unpaired) electrons. The molecule has 2 atom stereocenters. The topological polar surface area (TPSA) is 55.9 Å². The Morgan fingerprint density at radius 2 is 1.76 bits per heavy atom. The Morgan fingerprint density at radius 3 is 2.35 bits per heavy atom. The Balaban J connectivity index is 1.74.